The summed E-state index contributed by atoms with van der Waals surface area (Å²) in [5, 5.41) is 0. The molecule has 2 rings (SSSR count). The van der Waals surface area contributed by atoms with E-state index in [1.54, 1.807) is 0 Å². The van der Waals surface area contributed by atoms with Gasteiger partial charge in [0.2, 0.25) is 0 Å². The summed E-state index contributed by atoms with van der Waals surface area (Å²) in [5.41, 5.74) is -1.37. The summed E-state index contributed by atoms with van der Waals surface area (Å²) in [5.74, 6) is -1.31. The molecule has 1 heterocycles. The maximum atomic E-state index is 13.4. The second-order valence-corrected chi connectivity index (χ2v) is 4.42. The summed E-state index contributed by atoms with van der Waals surface area (Å²) < 4.78 is 27.3. The van der Waals surface area contributed by atoms with Crippen LogP contribution in [0.3, 0.4) is 0 Å². The van der Waals surface area contributed by atoms with Gasteiger partial charge in [0.05, 0.1) is 11.0 Å². The average Bonchev–Trinajstić information content (AvgIpc) is 2.34. The maximum absolute atomic E-state index is 13.4. The Kier molecular flexibility index (Phi) is 3.42. The van der Waals surface area contributed by atoms with Gasteiger partial charge in [-0.3, -0.25) is 9.36 Å². The fraction of sp³-hybridized carbons (Fsp3) is 0.0909. The number of aromatic nitrogens is 2. The highest BCUT2D eigenvalue weighted by atomic mass is 79.9. The maximum Gasteiger partial charge on any atom is 0.328 e. The molecular formula is C11H7BrF2N2O2. The van der Waals surface area contributed by atoms with Crippen LogP contribution in [0.15, 0.2) is 38.5 Å². The van der Waals surface area contributed by atoms with E-state index >= 15 is 0 Å². The summed E-state index contributed by atoms with van der Waals surface area (Å²) in [6.07, 6.45) is 1.20. The zero-order valence-corrected chi connectivity index (χ0v) is 10.5. The quantitative estimate of drug-likeness (QED) is 0.915. The molecule has 0 saturated carbocycles. The number of H-pyrrole nitrogens is 1. The van der Waals surface area contributed by atoms with Crippen LogP contribution in [0, 0.1) is 11.6 Å². The van der Waals surface area contributed by atoms with Gasteiger partial charge in [-0.05, 0) is 34.1 Å². The van der Waals surface area contributed by atoms with Crippen molar-refractivity contribution < 1.29 is 8.78 Å². The van der Waals surface area contributed by atoms with Gasteiger partial charge >= 0.3 is 5.69 Å². The zero-order valence-electron chi connectivity index (χ0n) is 8.91. The van der Waals surface area contributed by atoms with E-state index in [4.69, 9.17) is 0 Å². The van der Waals surface area contributed by atoms with Gasteiger partial charge in [0, 0.05) is 11.8 Å². The lowest BCUT2D eigenvalue weighted by molar-refractivity contribution is 0.568. The van der Waals surface area contributed by atoms with Crippen LogP contribution in [0.5, 0.6) is 0 Å². The largest absolute Gasteiger partial charge is 0.328 e. The highest BCUT2D eigenvalue weighted by molar-refractivity contribution is 9.10. The third-order valence-corrected chi connectivity index (χ3v) is 2.92. The number of hydrogen-bond donors (Lipinski definition) is 1. The van der Waals surface area contributed by atoms with Gasteiger partial charge in [0.1, 0.15) is 11.6 Å². The highest BCUT2D eigenvalue weighted by Gasteiger charge is 2.09. The molecule has 0 aliphatic heterocycles. The number of benzene rings is 1. The monoisotopic (exact) mass is 316 g/mol. The Morgan fingerprint density at radius 1 is 1.28 bits per heavy atom. The Balaban J connectivity index is 2.53. The first-order valence-electron chi connectivity index (χ1n) is 4.91. The van der Waals surface area contributed by atoms with E-state index in [1.165, 1.54) is 6.20 Å². The van der Waals surface area contributed by atoms with Crippen LogP contribution in [0.2, 0.25) is 0 Å². The van der Waals surface area contributed by atoms with E-state index in [0.717, 1.165) is 22.8 Å². The first kappa shape index (κ1) is 12.7. The van der Waals surface area contributed by atoms with Crippen molar-refractivity contribution in [3.8, 4) is 0 Å². The van der Waals surface area contributed by atoms with Crippen molar-refractivity contribution >= 4 is 15.9 Å². The Morgan fingerprint density at radius 3 is 2.72 bits per heavy atom. The molecule has 0 fully saturated rings. The Bertz CT molecular complexity index is 709. The number of halogens is 3. The predicted octanol–water partition coefficient (Wildman–Crippen LogP) is 1.63. The van der Waals surface area contributed by atoms with Gasteiger partial charge in [0.15, 0.2) is 0 Å². The lowest BCUT2D eigenvalue weighted by Crippen LogP contribution is -2.35. The molecule has 0 aliphatic carbocycles. The van der Waals surface area contributed by atoms with E-state index in [9.17, 15) is 18.4 Å². The number of nitrogens with zero attached hydrogens (tertiary/aromatic N) is 1. The molecule has 2 aromatic rings. The molecule has 1 aromatic carbocycles. The SMILES string of the molecule is O=c1[nH]cc(Br)c(=O)n1Cc1cc(F)ccc1F. The standard InChI is InChI=1S/C11H7BrF2N2O2/c12-8-4-15-11(18)16(10(8)17)5-6-3-7(13)1-2-9(6)14/h1-4H,5H2,(H,15,18). The molecular weight excluding hydrogens is 310 g/mol. The van der Waals surface area contributed by atoms with Gasteiger partial charge in [-0.1, -0.05) is 0 Å². The van der Waals surface area contributed by atoms with Crippen LogP contribution in [0.4, 0.5) is 8.78 Å². The van der Waals surface area contributed by atoms with Crippen molar-refractivity contribution in [3.05, 3.63) is 66.9 Å². The third kappa shape index (κ3) is 2.40. The van der Waals surface area contributed by atoms with Gasteiger partial charge in [0.25, 0.3) is 5.56 Å². The molecule has 4 nitrogen and oxygen atoms in total. The molecule has 0 bridgehead atoms. The zero-order chi connectivity index (χ0) is 13.3. The van der Waals surface area contributed by atoms with Crippen molar-refractivity contribution in [1.29, 1.82) is 0 Å². The van der Waals surface area contributed by atoms with Crippen LogP contribution in [0.1, 0.15) is 5.56 Å². The van der Waals surface area contributed by atoms with Crippen molar-refractivity contribution in [1.82, 2.24) is 9.55 Å². The number of rotatable bonds is 2. The fourth-order valence-electron chi connectivity index (χ4n) is 1.46. The van der Waals surface area contributed by atoms with Crippen molar-refractivity contribution in [3.63, 3.8) is 0 Å². The summed E-state index contributed by atoms with van der Waals surface area (Å²) in [6, 6.07) is 2.86. The fourth-order valence-corrected chi connectivity index (χ4v) is 1.79. The molecule has 7 heteroatoms. The smallest absolute Gasteiger partial charge is 0.313 e. The average molecular weight is 317 g/mol. The Hall–Kier alpha value is -1.76. The molecule has 0 amide bonds. The Morgan fingerprint density at radius 2 is 2.00 bits per heavy atom. The summed E-state index contributed by atoms with van der Waals surface area (Å²) in [7, 11) is 0. The minimum absolute atomic E-state index is 0.0688. The summed E-state index contributed by atoms with van der Waals surface area (Å²) in [6.45, 7) is -0.336. The van der Waals surface area contributed by atoms with Crippen molar-refractivity contribution in [2.24, 2.45) is 0 Å². The van der Waals surface area contributed by atoms with E-state index in [0.29, 0.717) is 0 Å². The molecule has 1 N–H and O–H groups in total. The van der Waals surface area contributed by atoms with Gasteiger partial charge < -0.3 is 4.98 Å². The molecule has 0 radical (unpaired) electrons. The summed E-state index contributed by atoms with van der Waals surface area (Å²) >= 11 is 2.96. The van der Waals surface area contributed by atoms with Crippen molar-refractivity contribution in [2.45, 2.75) is 6.54 Å². The molecule has 0 atom stereocenters. The second kappa shape index (κ2) is 4.85. The van der Waals surface area contributed by atoms with E-state index in [2.05, 4.69) is 20.9 Å². The normalized spacial score (nSPS) is 10.6. The number of aromatic amines is 1. The third-order valence-electron chi connectivity index (χ3n) is 2.35. The van der Waals surface area contributed by atoms with Gasteiger partial charge in [-0.25, -0.2) is 13.6 Å². The predicted molar refractivity (Wildman–Crippen MR) is 64.5 cm³/mol. The lowest BCUT2D eigenvalue weighted by atomic mass is 10.2. The topological polar surface area (TPSA) is 54.9 Å². The first-order chi connectivity index (χ1) is 8.49. The lowest BCUT2D eigenvalue weighted by Gasteiger charge is -2.06. The highest BCUT2D eigenvalue weighted by Crippen LogP contribution is 2.10. The Labute approximate surface area is 108 Å². The van der Waals surface area contributed by atoms with Crippen LogP contribution in [0.25, 0.3) is 0 Å². The van der Waals surface area contributed by atoms with E-state index < -0.39 is 22.9 Å². The molecule has 0 aliphatic rings. The molecule has 0 saturated heterocycles. The van der Waals surface area contributed by atoms with Crippen LogP contribution < -0.4 is 11.2 Å². The van der Waals surface area contributed by atoms with Gasteiger partial charge in [-0.2, -0.15) is 0 Å². The molecule has 18 heavy (non-hydrogen) atoms. The van der Waals surface area contributed by atoms with Crippen LogP contribution >= 0.6 is 15.9 Å². The minimum Gasteiger partial charge on any atom is -0.313 e. The van der Waals surface area contributed by atoms with Gasteiger partial charge in [-0.15, -0.1) is 0 Å². The summed E-state index contributed by atoms with van der Waals surface area (Å²) in [4.78, 5) is 25.4. The molecule has 94 valence electrons. The number of hydrogen-bond acceptors (Lipinski definition) is 2. The number of nitrogens with one attached hydrogen (secondary N) is 1. The molecule has 0 spiro atoms. The molecule has 1 aromatic heterocycles. The second-order valence-electron chi connectivity index (χ2n) is 3.57. The minimum atomic E-state index is -0.688. The van der Waals surface area contributed by atoms with Crippen molar-refractivity contribution in [2.75, 3.05) is 0 Å². The van der Waals surface area contributed by atoms with E-state index in [-0.39, 0.29) is 16.6 Å². The van der Waals surface area contributed by atoms with Crippen LogP contribution in [-0.4, -0.2) is 9.55 Å². The van der Waals surface area contributed by atoms with E-state index in [1.807, 2.05) is 0 Å². The van der Waals surface area contributed by atoms with Crippen LogP contribution in [-0.2, 0) is 6.54 Å². The first-order valence-corrected chi connectivity index (χ1v) is 5.70. The molecule has 0 unspecified atom stereocenters.